The standard InChI is InChI=1S/C18H19F2N3O3S/c19-18(20)27(25,26)15-5-3-13(4-6-15)10-17(24)23-9-8-22-12-16(23)14-2-1-7-21-11-14/h1-7,11,16,18,22H,8-10,12H2. The molecule has 1 saturated heterocycles. The largest absolute Gasteiger partial charge is 0.341 e. The minimum Gasteiger partial charge on any atom is -0.333 e. The van der Waals surface area contributed by atoms with E-state index in [-0.39, 0.29) is 18.4 Å². The fourth-order valence-corrected chi connectivity index (χ4v) is 3.77. The molecule has 1 aromatic heterocycles. The van der Waals surface area contributed by atoms with Gasteiger partial charge in [0.05, 0.1) is 17.4 Å². The number of alkyl halides is 2. The van der Waals surface area contributed by atoms with Gasteiger partial charge in [-0.15, -0.1) is 0 Å². The fourth-order valence-electron chi connectivity index (χ4n) is 3.05. The molecule has 1 atom stereocenters. The number of pyridine rings is 1. The second-order valence-electron chi connectivity index (χ2n) is 6.22. The molecule has 1 aromatic carbocycles. The molecular weight excluding hydrogens is 376 g/mol. The number of amides is 1. The molecule has 1 amide bonds. The zero-order valence-corrected chi connectivity index (χ0v) is 15.2. The fraction of sp³-hybridized carbons (Fsp3) is 0.333. The van der Waals surface area contributed by atoms with Gasteiger partial charge in [-0.3, -0.25) is 9.78 Å². The lowest BCUT2D eigenvalue weighted by atomic mass is 10.0. The van der Waals surface area contributed by atoms with Crippen molar-refractivity contribution in [2.45, 2.75) is 23.1 Å². The van der Waals surface area contributed by atoms with Gasteiger partial charge in [-0.05, 0) is 29.3 Å². The van der Waals surface area contributed by atoms with E-state index in [1.807, 2.05) is 12.1 Å². The molecule has 0 aliphatic carbocycles. The van der Waals surface area contributed by atoms with Crippen LogP contribution in [0.3, 0.4) is 0 Å². The summed E-state index contributed by atoms with van der Waals surface area (Å²) in [6.45, 7) is 1.83. The van der Waals surface area contributed by atoms with Crippen LogP contribution >= 0.6 is 0 Å². The van der Waals surface area contributed by atoms with Crippen LogP contribution in [0.5, 0.6) is 0 Å². The number of nitrogens with zero attached hydrogens (tertiary/aromatic N) is 2. The maximum atomic E-state index is 12.8. The quantitative estimate of drug-likeness (QED) is 0.835. The first-order chi connectivity index (χ1) is 12.9. The summed E-state index contributed by atoms with van der Waals surface area (Å²) in [5, 5.41) is 3.26. The highest BCUT2D eigenvalue weighted by atomic mass is 32.2. The number of carbonyl (C=O) groups excluding carboxylic acids is 1. The van der Waals surface area contributed by atoms with Crippen LogP contribution in [0.1, 0.15) is 17.2 Å². The number of benzene rings is 1. The zero-order chi connectivity index (χ0) is 19.4. The number of piperazine rings is 1. The van der Waals surface area contributed by atoms with Crippen LogP contribution < -0.4 is 5.32 Å². The van der Waals surface area contributed by atoms with Crippen molar-refractivity contribution in [2.24, 2.45) is 0 Å². The summed E-state index contributed by atoms with van der Waals surface area (Å²) < 4.78 is 48.1. The van der Waals surface area contributed by atoms with E-state index >= 15 is 0 Å². The van der Waals surface area contributed by atoms with E-state index in [4.69, 9.17) is 0 Å². The molecular formula is C18H19F2N3O3S. The normalized spacial score (nSPS) is 17.9. The molecule has 0 bridgehead atoms. The van der Waals surface area contributed by atoms with Gasteiger partial charge in [-0.25, -0.2) is 8.42 Å². The van der Waals surface area contributed by atoms with Crippen molar-refractivity contribution in [1.82, 2.24) is 15.2 Å². The van der Waals surface area contributed by atoms with Gasteiger partial charge >= 0.3 is 5.76 Å². The first-order valence-electron chi connectivity index (χ1n) is 8.40. The SMILES string of the molecule is O=C(Cc1ccc(S(=O)(=O)C(F)F)cc1)N1CCNCC1c1cccnc1. The van der Waals surface area contributed by atoms with Gasteiger partial charge in [0.15, 0.2) is 0 Å². The summed E-state index contributed by atoms with van der Waals surface area (Å²) in [5.74, 6) is -3.58. The first kappa shape index (κ1) is 19.4. The van der Waals surface area contributed by atoms with Gasteiger partial charge in [0.25, 0.3) is 0 Å². The van der Waals surface area contributed by atoms with Gasteiger partial charge < -0.3 is 10.2 Å². The van der Waals surface area contributed by atoms with E-state index in [0.717, 1.165) is 17.7 Å². The lowest BCUT2D eigenvalue weighted by Gasteiger charge is -2.36. The minimum absolute atomic E-state index is 0.0613. The lowest BCUT2D eigenvalue weighted by molar-refractivity contribution is -0.133. The third-order valence-electron chi connectivity index (χ3n) is 4.47. The second-order valence-corrected chi connectivity index (χ2v) is 8.14. The number of halogens is 2. The topological polar surface area (TPSA) is 79.4 Å². The van der Waals surface area contributed by atoms with Crippen molar-refractivity contribution in [2.75, 3.05) is 19.6 Å². The second kappa shape index (κ2) is 8.10. The Morgan fingerprint density at radius 3 is 2.63 bits per heavy atom. The number of aromatic nitrogens is 1. The molecule has 3 rings (SSSR count). The van der Waals surface area contributed by atoms with Crippen molar-refractivity contribution in [1.29, 1.82) is 0 Å². The molecule has 1 aliphatic heterocycles. The average molecular weight is 395 g/mol. The molecule has 1 N–H and O–H groups in total. The summed E-state index contributed by atoms with van der Waals surface area (Å²) in [6.07, 6.45) is 3.45. The van der Waals surface area contributed by atoms with E-state index in [1.54, 1.807) is 17.3 Å². The van der Waals surface area contributed by atoms with Crippen LogP contribution in [0.15, 0.2) is 53.7 Å². The number of carbonyl (C=O) groups is 1. The molecule has 144 valence electrons. The highest BCUT2D eigenvalue weighted by Crippen LogP contribution is 2.23. The molecule has 1 fully saturated rings. The van der Waals surface area contributed by atoms with Crippen LogP contribution in [0.25, 0.3) is 0 Å². The highest BCUT2D eigenvalue weighted by Gasteiger charge is 2.29. The molecule has 9 heteroatoms. The van der Waals surface area contributed by atoms with E-state index in [9.17, 15) is 22.0 Å². The molecule has 27 heavy (non-hydrogen) atoms. The monoisotopic (exact) mass is 395 g/mol. The molecule has 1 aliphatic rings. The van der Waals surface area contributed by atoms with Crippen molar-refractivity contribution < 1.29 is 22.0 Å². The third kappa shape index (κ3) is 4.30. The number of rotatable bonds is 5. The van der Waals surface area contributed by atoms with Crippen molar-refractivity contribution in [3.05, 3.63) is 59.9 Å². The summed E-state index contributed by atoms with van der Waals surface area (Å²) in [5.41, 5.74) is 1.49. The number of sulfone groups is 1. The summed E-state index contributed by atoms with van der Waals surface area (Å²) in [6, 6.07) is 8.60. The van der Waals surface area contributed by atoms with Crippen LogP contribution in [0.4, 0.5) is 8.78 Å². The van der Waals surface area contributed by atoms with E-state index < -0.39 is 20.5 Å². The number of hydrogen-bond acceptors (Lipinski definition) is 5. The third-order valence-corrected chi connectivity index (χ3v) is 5.87. The minimum atomic E-state index is -4.63. The van der Waals surface area contributed by atoms with Gasteiger partial charge in [0.2, 0.25) is 15.7 Å². The average Bonchev–Trinajstić information content (AvgIpc) is 2.69. The first-order valence-corrected chi connectivity index (χ1v) is 9.95. The van der Waals surface area contributed by atoms with Crippen LogP contribution in [-0.4, -0.2) is 49.6 Å². The van der Waals surface area contributed by atoms with Crippen LogP contribution in [0.2, 0.25) is 0 Å². The Balaban J connectivity index is 1.74. The molecule has 0 radical (unpaired) electrons. The van der Waals surface area contributed by atoms with Crippen molar-refractivity contribution in [3.63, 3.8) is 0 Å². The summed E-state index contributed by atoms with van der Waals surface area (Å²) >= 11 is 0. The van der Waals surface area contributed by atoms with E-state index in [1.165, 1.54) is 12.1 Å². The molecule has 0 saturated carbocycles. The van der Waals surface area contributed by atoms with Crippen LogP contribution in [0, 0.1) is 0 Å². The Morgan fingerprint density at radius 2 is 2.00 bits per heavy atom. The molecule has 2 heterocycles. The number of nitrogens with one attached hydrogen (secondary N) is 1. The Morgan fingerprint density at radius 1 is 1.26 bits per heavy atom. The number of hydrogen-bond donors (Lipinski definition) is 1. The predicted octanol–water partition coefficient (Wildman–Crippen LogP) is 1.79. The lowest BCUT2D eigenvalue weighted by Crippen LogP contribution is -2.49. The van der Waals surface area contributed by atoms with Gasteiger partial charge in [-0.2, -0.15) is 8.78 Å². The smallest absolute Gasteiger partial charge is 0.333 e. The van der Waals surface area contributed by atoms with Gasteiger partial charge in [0.1, 0.15) is 0 Å². The molecule has 1 unspecified atom stereocenters. The van der Waals surface area contributed by atoms with E-state index in [0.29, 0.717) is 25.2 Å². The Bertz CT molecular complexity index is 890. The Kier molecular flexibility index (Phi) is 5.81. The van der Waals surface area contributed by atoms with Gasteiger partial charge in [0, 0.05) is 32.0 Å². The Hall–Kier alpha value is -2.39. The van der Waals surface area contributed by atoms with Gasteiger partial charge in [-0.1, -0.05) is 18.2 Å². The molecule has 0 spiro atoms. The zero-order valence-electron chi connectivity index (χ0n) is 14.4. The van der Waals surface area contributed by atoms with E-state index in [2.05, 4.69) is 10.3 Å². The van der Waals surface area contributed by atoms with Crippen LogP contribution in [-0.2, 0) is 21.1 Å². The maximum Gasteiger partial charge on any atom is 0.341 e. The highest BCUT2D eigenvalue weighted by molar-refractivity contribution is 7.91. The molecule has 6 nitrogen and oxygen atoms in total. The summed E-state index contributed by atoms with van der Waals surface area (Å²) in [4.78, 5) is 18.2. The summed E-state index contributed by atoms with van der Waals surface area (Å²) in [7, 11) is -4.63. The molecule has 2 aromatic rings. The predicted molar refractivity (Wildman–Crippen MR) is 94.9 cm³/mol. The van der Waals surface area contributed by atoms with Crippen molar-refractivity contribution in [3.8, 4) is 0 Å². The Labute approximate surface area is 156 Å². The van der Waals surface area contributed by atoms with Crippen molar-refractivity contribution >= 4 is 15.7 Å². The maximum absolute atomic E-state index is 12.8.